The largest absolute Gasteiger partial charge is 0.332 e. The molecule has 0 spiro atoms. The van der Waals surface area contributed by atoms with Gasteiger partial charge in [-0.2, -0.15) is 0 Å². The van der Waals surface area contributed by atoms with Crippen molar-refractivity contribution < 1.29 is 22.4 Å². The third-order valence-corrected chi connectivity index (χ3v) is 8.47. The smallest absolute Gasteiger partial charge is 0.166 e. The van der Waals surface area contributed by atoms with Crippen LogP contribution in [0.2, 0.25) is 0 Å². The molecule has 0 amide bonds. The van der Waals surface area contributed by atoms with E-state index in [-0.39, 0.29) is 65.4 Å². The second-order valence-electron chi connectivity index (χ2n) is 9.67. The van der Waals surface area contributed by atoms with E-state index >= 15 is 0 Å². The third kappa shape index (κ3) is 8.21. The molecule has 0 saturated heterocycles. The Morgan fingerprint density at radius 1 is 0.500 bits per heavy atom. The molecule has 6 aromatic rings. The van der Waals surface area contributed by atoms with Crippen LogP contribution in [0.25, 0.3) is 45.0 Å². The van der Waals surface area contributed by atoms with Gasteiger partial charge in [0, 0.05) is 22.3 Å². The summed E-state index contributed by atoms with van der Waals surface area (Å²) in [7, 11) is 0. The van der Waals surface area contributed by atoms with Gasteiger partial charge in [0.2, 0.25) is 0 Å². The van der Waals surface area contributed by atoms with Crippen LogP contribution in [-0.2, 0) is 4.79 Å². The number of carbonyl (C=O) groups excluding carboxylic acids is 1. The molecule has 4 aromatic carbocycles. The molecule has 0 aliphatic heterocycles. The first kappa shape index (κ1) is 34.8. The molecule has 5 nitrogen and oxygen atoms in total. The highest BCUT2D eigenvalue weighted by Crippen LogP contribution is 2.35. The minimum Gasteiger partial charge on any atom is -0.332 e. The molecule has 46 heavy (non-hydrogen) atoms. The van der Waals surface area contributed by atoms with Crippen LogP contribution >= 0.6 is 48.3 Å². The Bertz CT molecular complexity index is 1650. The van der Waals surface area contributed by atoms with E-state index in [1.165, 1.54) is 72.1 Å². The normalized spacial score (nSPS) is 10.7. The summed E-state index contributed by atoms with van der Waals surface area (Å²) in [6.45, 7) is 0. The minimum absolute atomic E-state index is 0. The zero-order valence-corrected chi connectivity index (χ0v) is 26.9. The van der Waals surface area contributed by atoms with E-state index in [4.69, 9.17) is 0 Å². The number of thioether (sulfide) groups is 2. The number of imidazole rings is 2. The van der Waals surface area contributed by atoms with Crippen LogP contribution in [0.4, 0.5) is 17.6 Å². The lowest BCUT2D eigenvalue weighted by Gasteiger charge is -2.03. The van der Waals surface area contributed by atoms with Crippen molar-refractivity contribution in [1.82, 2.24) is 19.9 Å². The third-order valence-electron chi connectivity index (χ3n) is 6.61. The number of aromatic nitrogens is 4. The standard InChI is InChI=1S/C33H22F4N4OS2.2ClH/c34-23-9-1-19(2-10-23)28-29(20-3-11-24(35)12-4-20)39-32(38-28)43-17-27(42)18-44-33-40-30(21-5-13-25(36)14-6-21)31(41-33)22-7-15-26(37)16-8-22;;/h1-16H,17-18H2,(H,38,39)(H,40,41);2*1H. The Morgan fingerprint density at radius 3 is 1.09 bits per heavy atom. The number of nitrogens with zero attached hydrogens (tertiary/aromatic N) is 2. The van der Waals surface area contributed by atoms with Crippen molar-refractivity contribution in [3.63, 3.8) is 0 Å². The van der Waals surface area contributed by atoms with Gasteiger partial charge in [-0.15, -0.1) is 24.8 Å². The maximum Gasteiger partial charge on any atom is 0.166 e. The second kappa shape index (κ2) is 15.5. The minimum atomic E-state index is -0.378. The van der Waals surface area contributed by atoms with E-state index < -0.39 is 0 Å². The lowest BCUT2D eigenvalue weighted by molar-refractivity contribution is -0.114. The van der Waals surface area contributed by atoms with Gasteiger partial charge < -0.3 is 9.97 Å². The van der Waals surface area contributed by atoms with Crippen LogP contribution in [0.1, 0.15) is 0 Å². The summed E-state index contributed by atoms with van der Waals surface area (Å²) in [4.78, 5) is 28.7. The van der Waals surface area contributed by atoms with Crippen molar-refractivity contribution in [2.24, 2.45) is 0 Å². The van der Waals surface area contributed by atoms with E-state index in [2.05, 4.69) is 19.9 Å². The van der Waals surface area contributed by atoms with Gasteiger partial charge >= 0.3 is 0 Å². The Labute approximate surface area is 282 Å². The molecular formula is C33H24Cl2F4N4OS2. The van der Waals surface area contributed by atoms with Gasteiger partial charge in [0.25, 0.3) is 0 Å². The lowest BCUT2D eigenvalue weighted by Crippen LogP contribution is -2.05. The molecule has 0 fully saturated rings. The zero-order chi connectivity index (χ0) is 30.6. The van der Waals surface area contributed by atoms with Crippen LogP contribution in [-0.4, -0.2) is 37.2 Å². The van der Waals surface area contributed by atoms with Gasteiger partial charge in [-0.3, -0.25) is 4.79 Å². The maximum absolute atomic E-state index is 13.6. The Balaban J connectivity index is 0.00000240. The van der Waals surface area contributed by atoms with Crippen molar-refractivity contribution >= 4 is 54.1 Å². The highest BCUT2D eigenvalue weighted by atomic mass is 35.5. The zero-order valence-electron chi connectivity index (χ0n) is 23.6. The fourth-order valence-corrected chi connectivity index (χ4v) is 6.05. The van der Waals surface area contributed by atoms with Gasteiger partial charge in [-0.1, -0.05) is 23.5 Å². The van der Waals surface area contributed by atoms with Crippen molar-refractivity contribution in [1.29, 1.82) is 0 Å². The number of hydrogen-bond acceptors (Lipinski definition) is 5. The number of H-pyrrole nitrogens is 2. The number of rotatable bonds is 10. The van der Waals surface area contributed by atoms with Crippen LogP contribution in [0, 0.1) is 23.3 Å². The first-order valence-corrected chi connectivity index (χ1v) is 15.3. The van der Waals surface area contributed by atoms with Crippen molar-refractivity contribution in [2.45, 2.75) is 10.3 Å². The summed E-state index contributed by atoms with van der Waals surface area (Å²) in [5, 5.41) is 0.967. The van der Waals surface area contributed by atoms with Gasteiger partial charge in [0.1, 0.15) is 23.3 Å². The topological polar surface area (TPSA) is 74.4 Å². The Morgan fingerprint density at radius 2 is 0.783 bits per heavy atom. The van der Waals surface area contributed by atoms with E-state index in [1.807, 2.05) is 0 Å². The summed E-state index contributed by atoms with van der Waals surface area (Å²) < 4.78 is 54.2. The number of hydrogen-bond donors (Lipinski definition) is 2. The lowest BCUT2D eigenvalue weighted by atomic mass is 10.1. The van der Waals surface area contributed by atoms with Crippen LogP contribution in [0.3, 0.4) is 0 Å². The number of nitrogens with one attached hydrogen (secondary N) is 2. The number of ketones is 1. The first-order valence-electron chi connectivity index (χ1n) is 13.3. The molecule has 0 saturated carbocycles. The maximum atomic E-state index is 13.6. The second-order valence-corrected chi connectivity index (χ2v) is 11.6. The molecule has 6 rings (SSSR count). The van der Waals surface area contributed by atoms with E-state index in [9.17, 15) is 22.4 Å². The average molecular weight is 704 g/mol. The fourth-order valence-electron chi connectivity index (χ4n) is 4.46. The van der Waals surface area contributed by atoms with Crippen molar-refractivity contribution in [3.8, 4) is 45.0 Å². The van der Waals surface area contributed by atoms with E-state index in [1.54, 1.807) is 48.5 Å². The van der Waals surface area contributed by atoms with Crippen LogP contribution < -0.4 is 0 Å². The Hall–Kier alpha value is -4.03. The Kier molecular flexibility index (Phi) is 11.7. The number of Topliss-reactive ketones (excluding diaryl/α,β-unsaturated/α-hetero) is 1. The molecule has 2 N–H and O–H groups in total. The molecule has 0 radical (unpaired) electrons. The molecule has 236 valence electrons. The monoisotopic (exact) mass is 702 g/mol. The predicted molar refractivity (Wildman–Crippen MR) is 180 cm³/mol. The van der Waals surface area contributed by atoms with Gasteiger partial charge in [-0.25, -0.2) is 27.5 Å². The van der Waals surface area contributed by atoms with Crippen molar-refractivity contribution in [3.05, 3.63) is 120 Å². The molecule has 2 heterocycles. The molecule has 0 atom stereocenters. The quantitative estimate of drug-likeness (QED) is 0.110. The SMILES string of the molecule is Cl.Cl.O=C(CSc1nc(-c2ccc(F)cc2)c(-c2ccc(F)cc2)[nH]1)CSc1nc(-c2ccc(F)cc2)c(-c2ccc(F)cc2)[nH]1. The number of benzene rings is 4. The van der Waals surface area contributed by atoms with Gasteiger partial charge in [0.05, 0.1) is 34.3 Å². The van der Waals surface area contributed by atoms with E-state index in [0.717, 1.165) is 0 Å². The van der Waals surface area contributed by atoms with Gasteiger partial charge in [-0.05, 0) is 97.1 Å². The summed E-state index contributed by atoms with van der Waals surface area (Å²) in [6.07, 6.45) is 0. The molecule has 0 unspecified atom stereocenters. The molecule has 0 bridgehead atoms. The summed E-state index contributed by atoms with van der Waals surface area (Å²) in [6, 6.07) is 23.6. The summed E-state index contributed by atoms with van der Waals surface area (Å²) in [5.74, 6) is -1.36. The number of carbonyl (C=O) groups is 1. The molecule has 0 aliphatic carbocycles. The number of halogens is 6. The average Bonchev–Trinajstić information content (AvgIpc) is 3.66. The van der Waals surface area contributed by atoms with Crippen LogP contribution in [0.5, 0.6) is 0 Å². The van der Waals surface area contributed by atoms with Gasteiger partial charge in [0.15, 0.2) is 16.1 Å². The molecule has 0 aliphatic rings. The highest BCUT2D eigenvalue weighted by Gasteiger charge is 2.18. The van der Waals surface area contributed by atoms with Crippen molar-refractivity contribution in [2.75, 3.05) is 11.5 Å². The van der Waals surface area contributed by atoms with Crippen LogP contribution in [0.15, 0.2) is 107 Å². The molecule has 2 aromatic heterocycles. The predicted octanol–water partition coefficient (Wildman–Crippen LogP) is 9.65. The molecule has 13 heteroatoms. The summed E-state index contributed by atoms with van der Waals surface area (Å²) in [5.41, 5.74) is 5.08. The first-order chi connectivity index (χ1) is 21.3. The summed E-state index contributed by atoms with van der Waals surface area (Å²) >= 11 is 2.44. The highest BCUT2D eigenvalue weighted by molar-refractivity contribution is 8.01. The van der Waals surface area contributed by atoms with E-state index in [0.29, 0.717) is 55.3 Å². The number of aromatic amines is 2. The fraction of sp³-hybridized carbons (Fsp3) is 0.0606. The molecular weight excluding hydrogens is 679 g/mol.